The molecule has 0 radical (unpaired) electrons. The van der Waals surface area contributed by atoms with Gasteiger partial charge in [-0.2, -0.15) is 0 Å². The van der Waals surface area contributed by atoms with Gasteiger partial charge in [0, 0.05) is 31.9 Å². The summed E-state index contributed by atoms with van der Waals surface area (Å²) < 4.78 is 0. The second kappa shape index (κ2) is 8.78. The molecule has 28 heavy (non-hydrogen) atoms. The molecule has 1 aliphatic rings. The third-order valence-corrected chi connectivity index (χ3v) is 5.26. The quantitative estimate of drug-likeness (QED) is 0.837. The number of benzene rings is 2. The van der Waals surface area contributed by atoms with Crippen LogP contribution in [0.1, 0.15) is 29.2 Å². The van der Waals surface area contributed by atoms with E-state index >= 15 is 0 Å². The summed E-state index contributed by atoms with van der Waals surface area (Å²) in [6.45, 7) is 6.99. The van der Waals surface area contributed by atoms with E-state index in [0.717, 1.165) is 24.2 Å². The van der Waals surface area contributed by atoms with Crippen LogP contribution < -0.4 is 16.0 Å². The first kappa shape index (κ1) is 19.7. The number of nitrogens with zero attached hydrogens (tertiary/aromatic N) is 2. The number of nitrogens with two attached hydrogens (primary N) is 1. The molecule has 0 aromatic heterocycles. The number of rotatable bonds is 5. The molecule has 148 valence electrons. The minimum Gasteiger partial charge on any atom is -0.368 e. The average Bonchev–Trinajstić information content (AvgIpc) is 2.67. The van der Waals surface area contributed by atoms with Crippen LogP contribution in [-0.2, 0) is 4.79 Å². The lowest BCUT2D eigenvalue weighted by atomic mass is 9.98. The van der Waals surface area contributed by atoms with Crippen molar-refractivity contribution in [2.45, 2.75) is 26.3 Å². The van der Waals surface area contributed by atoms with E-state index in [2.05, 4.69) is 41.4 Å². The molecule has 3 N–H and O–H groups in total. The second-order valence-electron chi connectivity index (χ2n) is 7.33. The Balaban J connectivity index is 1.63. The number of piperazine rings is 1. The number of anilines is 1. The first-order valence-corrected chi connectivity index (χ1v) is 9.65. The van der Waals surface area contributed by atoms with Gasteiger partial charge in [0.15, 0.2) is 0 Å². The number of urea groups is 1. The monoisotopic (exact) mass is 380 g/mol. The molecule has 0 saturated carbocycles. The van der Waals surface area contributed by atoms with Crippen molar-refractivity contribution in [3.05, 3.63) is 65.2 Å². The molecule has 1 aliphatic heterocycles. The van der Waals surface area contributed by atoms with Crippen molar-refractivity contribution >= 4 is 17.6 Å². The number of nitrogens with one attached hydrogen (secondary N) is 1. The van der Waals surface area contributed by atoms with Crippen molar-refractivity contribution in [2.24, 2.45) is 5.73 Å². The summed E-state index contributed by atoms with van der Waals surface area (Å²) in [7, 11) is 0. The standard InChI is InChI=1S/C22H28N4O2/c1-16-6-5-8-18(14-16)25-10-12-26(13-11-25)21(27)15-20(24-22(23)28)19-9-4-3-7-17(19)2/h3-9,14,20H,10-13,15H2,1-2H3,(H3,23,24,28). The molecule has 3 rings (SSSR count). The lowest BCUT2D eigenvalue weighted by molar-refractivity contribution is -0.132. The van der Waals surface area contributed by atoms with E-state index in [0.29, 0.717) is 13.1 Å². The molecule has 2 aromatic rings. The summed E-state index contributed by atoms with van der Waals surface area (Å²) in [5.74, 6) is 0.0332. The number of carbonyl (C=O) groups is 2. The highest BCUT2D eigenvalue weighted by Gasteiger charge is 2.25. The maximum Gasteiger partial charge on any atom is 0.312 e. The lowest BCUT2D eigenvalue weighted by Crippen LogP contribution is -2.49. The van der Waals surface area contributed by atoms with Crippen molar-refractivity contribution in [3.63, 3.8) is 0 Å². The van der Waals surface area contributed by atoms with E-state index in [-0.39, 0.29) is 12.3 Å². The van der Waals surface area contributed by atoms with Crippen LogP contribution in [0.2, 0.25) is 0 Å². The maximum atomic E-state index is 12.9. The highest BCUT2D eigenvalue weighted by Crippen LogP contribution is 2.23. The van der Waals surface area contributed by atoms with E-state index < -0.39 is 12.1 Å². The Morgan fingerprint density at radius 3 is 2.39 bits per heavy atom. The predicted octanol–water partition coefficient (Wildman–Crippen LogP) is 2.75. The van der Waals surface area contributed by atoms with Crippen LogP contribution in [0.4, 0.5) is 10.5 Å². The van der Waals surface area contributed by atoms with Gasteiger partial charge in [-0.1, -0.05) is 36.4 Å². The average molecular weight is 380 g/mol. The maximum absolute atomic E-state index is 12.9. The Kier molecular flexibility index (Phi) is 6.19. The number of hydrogen-bond donors (Lipinski definition) is 2. The summed E-state index contributed by atoms with van der Waals surface area (Å²) >= 11 is 0. The van der Waals surface area contributed by atoms with Gasteiger partial charge in [-0.3, -0.25) is 4.79 Å². The summed E-state index contributed by atoms with van der Waals surface area (Å²) in [5, 5.41) is 2.73. The summed E-state index contributed by atoms with van der Waals surface area (Å²) in [4.78, 5) is 28.5. The van der Waals surface area contributed by atoms with Gasteiger partial charge in [-0.15, -0.1) is 0 Å². The third kappa shape index (κ3) is 4.82. The van der Waals surface area contributed by atoms with Crippen molar-refractivity contribution in [1.82, 2.24) is 10.2 Å². The topological polar surface area (TPSA) is 78.7 Å². The molecular formula is C22H28N4O2. The fraction of sp³-hybridized carbons (Fsp3) is 0.364. The van der Waals surface area contributed by atoms with Crippen LogP contribution in [-0.4, -0.2) is 43.0 Å². The lowest BCUT2D eigenvalue weighted by Gasteiger charge is -2.37. The summed E-state index contributed by atoms with van der Waals surface area (Å²) in [6, 6.07) is 15.1. The Morgan fingerprint density at radius 2 is 1.75 bits per heavy atom. The van der Waals surface area contributed by atoms with Gasteiger partial charge in [0.2, 0.25) is 5.91 Å². The molecule has 3 amide bonds. The molecule has 0 spiro atoms. The van der Waals surface area contributed by atoms with Crippen LogP contribution in [0.15, 0.2) is 48.5 Å². The van der Waals surface area contributed by atoms with Crippen molar-refractivity contribution in [1.29, 1.82) is 0 Å². The fourth-order valence-electron chi connectivity index (χ4n) is 3.73. The normalized spacial score (nSPS) is 15.2. The van der Waals surface area contributed by atoms with E-state index in [1.165, 1.54) is 11.3 Å². The molecule has 6 heteroatoms. The highest BCUT2D eigenvalue weighted by atomic mass is 16.2. The Bertz CT molecular complexity index is 844. The van der Waals surface area contributed by atoms with Gasteiger partial charge < -0.3 is 20.9 Å². The smallest absolute Gasteiger partial charge is 0.312 e. The largest absolute Gasteiger partial charge is 0.368 e. The molecule has 1 atom stereocenters. The zero-order valence-electron chi connectivity index (χ0n) is 16.5. The number of amides is 3. The SMILES string of the molecule is Cc1cccc(N2CCN(C(=O)CC(NC(N)=O)c3ccccc3C)CC2)c1. The molecule has 0 aliphatic carbocycles. The van der Waals surface area contributed by atoms with Crippen LogP contribution in [0.25, 0.3) is 0 Å². The van der Waals surface area contributed by atoms with Crippen molar-refractivity contribution < 1.29 is 9.59 Å². The van der Waals surface area contributed by atoms with Crippen molar-refractivity contribution in [3.8, 4) is 0 Å². The first-order valence-electron chi connectivity index (χ1n) is 9.65. The van der Waals surface area contributed by atoms with Crippen LogP contribution in [0, 0.1) is 13.8 Å². The molecule has 6 nitrogen and oxygen atoms in total. The van der Waals surface area contributed by atoms with Gasteiger partial charge in [0.05, 0.1) is 12.5 Å². The number of hydrogen-bond acceptors (Lipinski definition) is 3. The number of primary amides is 1. The van der Waals surface area contributed by atoms with Gasteiger partial charge >= 0.3 is 6.03 Å². The summed E-state index contributed by atoms with van der Waals surface area (Å²) in [6.07, 6.45) is 0.207. The second-order valence-corrected chi connectivity index (χ2v) is 7.33. The molecule has 1 unspecified atom stereocenters. The van der Waals surface area contributed by atoms with Gasteiger partial charge in [-0.05, 0) is 42.7 Å². The highest BCUT2D eigenvalue weighted by molar-refractivity contribution is 5.79. The van der Waals surface area contributed by atoms with Crippen LogP contribution in [0.5, 0.6) is 0 Å². The van der Waals surface area contributed by atoms with E-state index in [1.807, 2.05) is 36.1 Å². The Morgan fingerprint density at radius 1 is 1.04 bits per heavy atom. The molecule has 1 heterocycles. The van der Waals surface area contributed by atoms with Gasteiger partial charge in [0.1, 0.15) is 0 Å². The number of aryl methyl sites for hydroxylation is 2. The van der Waals surface area contributed by atoms with E-state index in [9.17, 15) is 9.59 Å². The van der Waals surface area contributed by atoms with Gasteiger partial charge in [-0.25, -0.2) is 4.79 Å². The predicted molar refractivity (Wildman–Crippen MR) is 111 cm³/mol. The molecule has 1 saturated heterocycles. The minimum absolute atomic E-state index is 0.0332. The molecule has 0 bridgehead atoms. The Hall–Kier alpha value is -3.02. The van der Waals surface area contributed by atoms with Gasteiger partial charge in [0.25, 0.3) is 0 Å². The van der Waals surface area contributed by atoms with E-state index in [4.69, 9.17) is 5.73 Å². The Labute approximate surface area is 166 Å². The van der Waals surface area contributed by atoms with E-state index in [1.54, 1.807) is 0 Å². The summed E-state index contributed by atoms with van der Waals surface area (Å²) in [5.41, 5.74) is 9.72. The zero-order valence-corrected chi connectivity index (χ0v) is 16.5. The number of carbonyl (C=O) groups excluding carboxylic acids is 2. The zero-order chi connectivity index (χ0) is 20.1. The third-order valence-electron chi connectivity index (χ3n) is 5.26. The first-order chi connectivity index (χ1) is 13.4. The van der Waals surface area contributed by atoms with Crippen LogP contribution in [0.3, 0.4) is 0 Å². The van der Waals surface area contributed by atoms with Crippen LogP contribution >= 0.6 is 0 Å². The minimum atomic E-state index is -0.620. The molecule has 1 fully saturated rings. The molecule has 2 aromatic carbocycles. The molecular weight excluding hydrogens is 352 g/mol. The fourth-order valence-corrected chi connectivity index (χ4v) is 3.73. The van der Waals surface area contributed by atoms with Crippen molar-refractivity contribution in [2.75, 3.05) is 31.1 Å².